The molecule has 4 aromatic carbocycles. The predicted molar refractivity (Wildman–Crippen MR) is 161 cm³/mol. The number of carbonyl (C=O) groups is 2. The number of rotatable bonds is 10. The van der Waals surface area contributed by atoms with Gasteiger partial charge < -0.3 is 15.2 Å². The van der Waals surface area contributed by atoms with Crippen molar-refractivity contribution in [2.75, 3.05) is 0 Å². The van der Waals surface area contributed by atoms with Crippen LogP contribution in [-0.4, -0.2) is 23.0 Å². The molecule has 7 heteroatoms. The van der Waals surface area contributed by atoms with E-state index in [9.17, 15) is 14.7 Å². The lowest BCUT2D eigenvalue weighted by Gasteiger charge is -2.14. The number of carbonyl (C=O) groups excluding carboxylic acids is 1. The SMILES string of the molecule is CCc1ccc(COc2ccc(CC(NC(=O)c3cc4cc(-c5ccc(Cl)cc5)ccc4s3)C(=O)O)cc2)cc1. The monoisotopic (exact) mass is 569 g/mol. The van der Waals surface area contributed by atoms with Crippen LogP contribution >= 0.6 is 22.9 Å². The quantitative estimate of drug-likeness (QED) is 0.180. The number of fused-ring (bicyclic) bond motifs is 1. The first kappa shape index (κ1) is 27.4. The zero-order valence-corrected chi connectivity index (χ0v) is 23.5. The molecule has 1 unspecified atom stereocenters. The molecule has 1 amide bonds. The Labute approximate surface area is 242 Å². The van der Waals surface area contributed by atoms with Crippen molar-refractivity contribution >= 4 is 44.9 Å². The van der Waals surface area contributed by atoms with Gasteiger partial charge in [-0.25, -0.2) is 4.79 Å². The summed E-state index contributed by atoms with van der Waals surface area (Å²) in [7, 11) is 0. The van der Waals surface area contributed by atoms with Crippen LogP contribution in [0.2, 0.25) is 5.02 Å². The molecule has 0 spiro atoms. The highest BCUT2D eigenvalue weighted by Gasteiger charge is 2.22. The van der Waals surface area contributed by atoms with Crippen molar-refractivity contribution < 1.29 is 19.4 Å². The molecule has 202 valence electrons. The lowest BCUT2D eigenvalue weighted by Crippen LogP contribution is -2.42. The molecule has 0 aliphatic rings. The number of aliphatic carboxylic acids is 1. The summed E-state index contributed by atoms with van der Waals surface area (Å²) < 4.78 is 6.83. The summed E-state index contributed by atoms with van der Waals surface area (Å²) in [5.74, 6) is -0.798. The number of thiophene rings is 1. The Morgan fingerprint density at radius 3 is 2.17 bits per heavy atom. The van der Waals surface area contributed by atoms with Crippen LogP contribution in [0, 0.1) is 0 Å². The second kappa shape index (κ2) is 12.4. The highest BCUT2D eigenvalue weighted by atomic mass is 35.5. The number of halogens is 1. The maximum absolute atomic E-state index is 13.0. The molecule has 0 bridgehead atoms. The molecule has 2 N–H and O–H groups in total. The summed E-state index contributed by atoms with van der Waals surface area (Å²) in [6, 6.07) is 29.9. The van der Waals surface area contributed by atoms with Gasteiger partial charge in [-0.3, -0.25) is 4.79 Å². The van der Waals surface area contributed by atoms with E-state index in [0.29, 0.717) is 22.3 Å². The average molecular weight is 570 g/mol. The van der Waals surface area contributed by atoms with Crippen LogP contribution in [0.3, 0.4) is 0 Å². The third-order valence-electron chi connectivity index (χ3n) is 6.72. The van der Waals surface area contributed by atoms with Gasteiger partial charge in [0.15, 0.2) is 0 Å². The van der Waals surface area contributed by atoms with Gasteiger partial charge in [0.25, 0.3) is 5.91 Å². The van der Waals surface area contributed by atoms with E-state index in [4.69, 9.17) is 16.3 Å². The van der Waals surface area contributed by atoms with Crippen molar-refractivity contribution in [2.24, 2.45) is 0 Å². The minimum absolute atomic E-state index is 0.158. The number of ether oxygens (including phenoxy) is 1. The van der Waals surface area contributed by atoms with E-state index in [0.717, 1.165) is 38.8 Å². The summed E-state index contributed by atoms with van der Waals surface area (Å²) in [4.78, 5) is 25.5. The second-order valence-electron chi connectivity index (χ2n) is 9.54. The molecule has 5 nitrogen and oxygen atoms in total. The predicted octanol–water partition coefficient (Wildman–Crippen LogP) is 7.79. The number of hydrogen-bond donors (Lipinski definition) is 2. The van der Waals surface area contributed by atoms with Crippen molar-refractivity contribution in [3.8, 4) is 16.9 Å². The van der Waals surface area contributed by atoms with Crippen LogP contribution in [-0.2, 0) is 24.2 Å². The van der Waals surface area contributed by atoms with E-state index in [1.165, 1.54) is 16.9 Å². The van der Waals surface area contributed by atoms with E-state index in [1.807, 2.05) is 66.7 Å². The number of hydrogen-bond acceptors (Lipinski definition) is 4. The molecule has 1 aromatic heterocycles. The van der Waals surface area contributed by atoms with Crippen LogP contribution in [0.5, 0.6) is 5.75 Å². The van der Waals surface area contributed by atoms with Crippen molar-refractivity contribution in [1.29, 1.82) is 0 Å². The Hall–Kier alpha value is -4.13. The van der Waals surface area contributed by atoms with Gasteiger partial charge in [-0.1, -0.05) is 73.1 Å². The lowest BCUT2D eigenvalue weighted by atomic mass is 10.0. The fraction of sp³-hybridized carbons (Fsp3) is 0.152. The Kier molecular flexibility index (Phi) is 8.48. The standard InChI is InChI=1S/C33H28ClNO4S/c1-2-21-3-5-23(6-4-21)20-39-28-14-7-22(8-15-28)17-29(33(37)38)35-32(36)31-19-26-18-25(11-16-30(26)40-31)24-9-12-27(34)13-10-24/h3-16,18-19,29H,2,17,20H2,1H3,(H,35,36)(H,37,38). The smallest absolute Gasteiger partial charge is 0.326 e. The fourth-order valence-corrected chi connectivity index (χ4v) is 5.47. The molecule has 40 heavy (non-hydrogen) atoms. The molecular weight excluding hydrogens is 542 g/mol. The van der Waals surface area contributed by atoms with Gasteiger partial charge in [-0.2, -0.15) is 0 Å². The van der Waals surface area contributed by atoms with E-state index in [-0.39, 0.29) is 6.42 Å². The molecule has 0 saturated heterocycles. The molecule has 5 rings (SSSR count). The largest absolute Gasteiger partial charge is 0.489 e. The Bertz CT molecular complexity index is 1630. The summed E-state index contributed by atoms with van der Waals surface area (Å²) >= 11 is 7.34. The fourth-order valence-electron chi connectivity index (χ4n) is 4.40. The first-order valence-corrected chi connectivity index (χ1v) is 14.2. The minimum Gasteiger partial charge on any atom is -0.489 e. The Morgan fingerprint density at radius 2 is 1.50 bits per heavy atom. The van der Waals surface area contributed by atoms with Crippen molar-refractivity contribution in [2.45, 2.75) is 32.4 Å². The Balaban J connectivity index is 1.22. The highest BCUT2D eigenvalue weighted by Crippen LogP contribution is 2.31. The first-order chi connectivity index (χ1) is 19.4. The third kappa shape index (κ3) is 6.71. The number of amides is 1. The molecular formula is C33H28ClNO4S. The van der Waals surface area contributed by atoms with Crippen LogP contribution < -0.4 is 10.1 Å². The summed E-state index contributed by atoms with van der Waals surface area (Å²) in [5, 5.41) is 14.1. The van der Waals surface area contributed by atoms with E-state index >= 15 is 0 Å². The topological polar surface area (TPSA) is 75.6 Å². The number of carboxylic acids is 1. The average Bonchev–Trinajstić information content (AvgIpc) is 3.41. The normalized spacial score (nSPS) is 11.8. The highest BCUT2D eigenvalue weighted by molar-refractivity contribution is 7.20. The minimum atomic E-state index is -1.09. The van der Waals surface area contributed by atoms with Gasteiger partial charge >= 0.3 is 5.97 Å². The summed E-state index contributed by atoms with van der Waals surface area (Å²) in [6.45, 7) is 2.57. The van der Waals surface area contributed by atoms with Crippen molar-refractivity contribution in [3.05, 3.63) is 124 Å². The molecule has 5 aromatic rings. The summed E-state index contributed by atoms with van der Waals surface area (Å²) in [5.41, 5.74) is 5.19. The van der Waals surface area contributed by atoms with Gasteiger partial charge in [-0.15, -0.1) is 11.3 Å². The van der Waals surface area contributed by atoms with Gasteiger partial charge in [0.2, 0.25) is 0 Å². The number of carboxylic acid groups (broad SMARTS) is 1. The van der Waals surface area contributed by atoms with Crippen LogP contribution in [0.4, 0.5) is 0 Å². The number of benzene rings is 4. The van der Waals surface area contributed by atoms with Gasteiger partial charge in [0, 0.05) is 16.1 Å². The molecule has 0 radical (unpaired) electrons. The zero-order valence-electron chi connectivity index (χ0n) is 21.9. The second-order valence-corrected chi connectivity index (χ2v) is 11.1. The maximum atomic E-state index is 13.0. The maximum Gasteiger partial charge on any atom is 0.326 e. The first-order valence-electron chi connectivity index (χ1n) is 13.0. The number of aryl methyl sites for hydroxylation is 1. The van der Waals surface area contributed by atoms with Crippen molar-refractivity contribution in [3.63, 3.8) is 0 Å². The van der Waals surface area contributed by atoms with E-state index < -0.39 is 17.9 Å². The van der Waals surface area contributed by atoms with Gasteiger partial charge in [-0.05, 0) is 82.1 Å². The molecule has 0 aliphatic carbocycles. The van der Waals surface area contributed by atoms with Crippen molar-refractivity contribution in [1.82, 2.24) is 5.32 Å². The third-order valence-corrected chi connectivity index (χ3v) is 8.09. The zero-order chi connectivity index (χ0) is 28.1. The van der Waals surface area contributed by atoms with Gasteiger partial charge in [0.05, 0.1) is 4.88 Å². The lowest BCUT2D eigenvalue weighted by molar-refractivity contribution is -0.139. The van der Waals surface area contributed by atoms with Crippen LogP contribution in [0.25, 0.3) is 21.2 Å². The van der Waals surface area contributed by atoms with Crippen LogP contribution in [0.15, 0.2) is 97.1 Å². The molecule has 0 fully saturated rings. The molecule has 1 atom stereocenters. The summed E-state index contributed by atoms with van der Waals surface area (Å²) in [6.07, 6.45) is 1.15. The van der Waals surface area contributed by atoms with E-state index in [1.54, 1.807) is 6.07 Å². The van der Waals surface area contributed by atoms with E-state index in [2.05, 4.69) is 36.5 Å². The number of nitrogens with one attached hydrogen (secondary N) is 1. The molecule has 0 aliphatic heterocycles. The molecule has 1 heterocycles. The van der Waals surface area contributed by atoms with Gasteiger partial charge in [0.1, 0.15) is 18.4 Å². The Morgan fingerprint density at radius 1 is 0.850 bits per heavy atom. The van der Waals surface area contributed by atoms with Crippen LogP contribution in [0.1, 0.15) is 33.3 Å². The molecule has 0 saturated carbocycles.